The molecule has 0 spiro atoms. The maximum Gasteiger partial charge on any atom is 0.248 e. The highest BCUT2D eigenvalue weighted by molar-refractivity contribution is 5.94. The number of nitrogen functional groups attached to an aromatic ring is 1. The van der Waals surface area contributed by atoms with E-state index in [-0.39, 0.29) is 0 Å². The Morgan fingerprint density at radius 2 is 2.06 bits per heavy atom. The van der Waals surface area contributed by atoms with Crippen molar-refractivity contribution in [1.29, 1.82) is 0 Å². The number of nitrogens with two attached hydrogens (primary N) is 2. The van der Waals surface area contributed by atoms with Crippen LogP contribution in [0, 0.1) is 0 Å². The summed E-state index contributed by atoms with van der Waals surface area (Å²) < 4.78 is 4.98. The molecule has 0 aliphatic heterocycles. The molecule has 1 amide bonds. The van der Waals surface area contributed by atoms with E-state index in [2.05, 4.69) is 4.98 Å². The Balaban J connectivity index is 2.48. The number of carbonyl (C=O) groups excluding carboxylic acids is 1. The number of ether oxygens (including phenoxy) is 1. The maximum absolute atomic E-state index is 11.1. The summed E-state index contributed by atoms with van der Waals surface area (Å²) in [7, 11) is 1.52. The zero-order valence-corrected chi connectivity index (χ0v) is 9.88. The van der Waals surface area contributed by atoms with Gasteiger partial charge in [0.25, 0.3) is 0 Å². The van der Waals surface area contributed by atoms with Crippen molar-refractivity contribution in [2.75, 3.05) is 12.8 Å². The molecule has 0 aliphatic carbocycles. The van der Waals surface area contributed by atoms with Crippen molar-refractivity contribution in [3.63, 3.8) is 0 Å². The minimum Gasteiger partial charge on any atom is -0.481 e. The van der Waals surface area contributed by atoms with Crippen molar-refractivity contribution in [3.05, 3.63) is 42.0 Å². The lowest BCUT2D eigenvalue weighted by molar-refractivity contribution is 0.100. The minimum atomic E-state index is -0.475. The third-order valence-electron chi connectivity index (χ3n) is 2.57. The minimum absolute atomic E-state index is 0.343. The van der Waals surface area contributed by atoms with Crippen molar-refractivity contribution in [2.45, 2.75) is 0 Å². The number of hydrogen-bond donors (Lipinski definition) is 2. The molecule has 0 atom stereocenters. The molecular formula is C13H13N3O2. The van der Waals surface area contributed by atoms with E-state index >= 15 is 0 Å². The summed E-state index contributed by atoms with van der Waals surface area (Å²) in [5.74, 6) is 0.315. The van der Waals surface area contributed by atoms with Crippen LogP contribution < -0.4 is 16.2 Å². The van der Waals surface area contributed by atoms with Gasteiger partial charge in [-0.15, -0.1) is 0 Å². The number of rotatable bonds is 3. The van der Waals surface area contributed by atoms with E-state index in [0.717, 1.165) is 11.1 Å². The van der Waals surface area contributed by atoms with E-state index in [1.807, 2.05) is 6.07 Å². The molecule has 0 aliphatic rings. The van der Waals surface area contributed by atoms with Crippen LogP contribution in [0.25, 0.3) is 11.1 Å². The summed E-state index contributed by atoms with van der Waals surface area (Å²) in [6, 6.07) is 10.4. The molecule has 0 bridgehead atoms. The summed E-state index contributed by atoms with van der Waals surface area (Å²) in [6.07, 6.45) is 0. The van der Waals surface area contributed by atoms with E-state index in [1.165, 1.54) is 7.11 Å². The van der Waals surface area contributed by atoms with Gasteiger partial charge in [-0.2, -0.15) is 4.98 Å². The Kier molecular flexibility index (Phi) is 3.14. The quantitative estimate of drug-likeness (QED) is 0.853. The first-order valence-corrected chi connectivity index (χ1v) is 5.32. The topological polar surface area (TPSA) is 91.2 Å². The molecule has 2 aromatic rings. The number of anilines is 1. The van der Waals surface area contributed by atoms with Gasteiger partial charge < -0.3 is 16.2 Å². The second-order valence-electron chi connectivity index (χ2n) is 3.73. The Morgan fingerprint density at radius 1 is 1.28 bits per heavy atom. The van der Waals surface area contributed by atoms with Gasteiger partial charge in [0.2, 0.25) is 11.8 Å². The molecule has 1 aromatic heterocycles. The van der Waals surface area contributed by atoms with Gasteiger partial charge in [0, 0.05) is 17.2 Å². The van der Waals surface area contributed by atoms with Crippen LogP contribution in [-0.2, 0) is 0 Å². The third-order valence-corrected chi connectivity index (χ3v) is 2.57. The number of methoxy groups -OCH3 is 1. The van der Waals surface area contributed by atoms with Crippen LogP contribution in [0.1, 0.15) is 10.4 Å². The van der Waals surface area contributed by atoms with Gasteiger partial charge in [0.15, 0.2) is 0 Å². The Hall–Kier alpha value is -2.56. The molecule has 5 heteroatoms. The van der Waals surface area contributed by atoms with Crippen molar-refractivity contribution in [1.82, 2.24) is 4.98 Å². The average Bonchev–Trinajstić information content (AvgIpc) is 2.38. The zero-order chi connectivity index (χ0) is 13.1. The Morgan fingerprint density at radius 3 is 2.67 bits per heavy atom. The Bertz CT molecular complexity index is 597. The van der Waals surface area contributed by atoms with Gasteiger partial charge in [0.1, 0.15) is 5.82 Å². The van der Waals surface area contributed by atoms with Crippen LogP contribution in [0.15, 0.2) is 36.4 Å². The number of pyridine rings is 1. The van der Waals surface area contributed by atoms with Crippen molar-refractivity contribution in [3.8, 4) is 17.0 Å². The number of primary amides is 1. The van der Waals surface area contributed by atoms with Crippen molar-refractivity contribution < 1.29 is 9.53 Å². The number of aromatic nitrogens is 1. The number of amides is 1. The normalized spacial score (nSPS) is 10.1. The fraction of sp³-hybridized carbons (Fsp3) is 0.0769. The van der Waals surface area contributed by atoms with Crippen LogP contribution in [-0.4, -0.2) is 18.0 Å². The van der Waals surface area contributed by atoms with E-state index in [1.54, 1.807) is 30.3 Å². The van der Waals surface area contributed by atoms with Crippen LogP contribution in [0.4, 0.5) is 5.82 Å². The lowest BCUT2D eigenvalue weighted by Crippen LogP contribution is -2.10. The fourth-order valence-corrected chi connectivity index (χ4v) is 1.65. The number of nitrogens with zero attached hydrogens (tertiary/aromatic N) is 1. The van der Waals surface area contributed by atoms with E-state index in [0.29, 0.717) is 17.3 Å². The molecule has 18 heavy (non-hydrogen) atoms. The molecule has 0 radical (unpaired) electrons. The van der Waals surface area contributed by atoms with E-state index in [9.17, 15) is 4.79 Å². The van der Waals surface area contributed by atoms with Gasteiger partial charge in [0.05, 0.1) is 7.11 Å². The van der Waals surface area contributed by atoms with Gasteiger partial charge in [-0.05, 0) is 23.8 Å². The molecule has 2 rings (SSSR count). The van der Waals surface area contributed by atoms with Crippen molar-refractivity contribution in [2.24, 2.45) is 5.73 Å². The second kappa shape index (κ2) is 4.75. The number of benzene rings is 1. The van der Waals surface area contributed by atoms with Gasteiger partial charge >= 0.3 is 0 Å². The predicted octanol–water partition coefficient (Wildman–Crippen LogP) is 1.44. The van der Waals surface area contributed by atoms with Gasteiger partial charge in [-0.1, -0.05) is 12.1 Å². The lowest BCUT2D eigenvalue weighted by Gasteiger charge is -2.07. The lowest BCUT2D eigenvalue weighted by atomic mass is 10.0. The van der Waals surface area contributed by atoms with Crippen LogP contribution in [0.5, 0.6) is 5.88 Å². The zero-order valence-electron chi connectivity index (χ0n) is 9.88. The first-order valence-electron chi connectivity index (χ1n) is 5.32. The predicted molar refractivity (Wildman–Crippen MR) is 69.2 cm³/mol. The first-order chi connectivity index (χ1) is 8.61. The summed E-state index contributed by atoms with van der Waals surface area (Å²) in [6.45, 7) is 0. The standard InChI is InChI=1S/C13H13N3O2/c1-18-11-6-5-10(12(14)16-11)8-3-2-4-9(7-8)13(15)17/h2-7H,1H3,(H2,14,16)(H2,15,17). The molecular weight excluding hydrogens is 230 g/mol. The van der Waals surface area contributed by atoms with Gasteiger partial charge in [-0.25, -0.2) is 0 Å². The highest BCUT2D eigenvalue weighted by Crippen LogP contribution is 2.27. The molecule has 1 aromatic carbocycles. The summed E-state index contributed by atoms with van der Waals surface area (Å²) in [5.41, 5.74) is 13.0. The van der Waals surface area contributed by atoms with E-state index < -0.39 is 5.91 Å². The number of carbonyl (C=O) groups is 1. The molecule has 0 fully saturated rings. The van der Waals surface area contributed by atoms with Crippen molar-refractivity contribution >= 4 is 11.7 Å². The average molecular weight is 243 g/mol. The molecule has 4 N–H and O–H groups in total. The van der Waals surface area contributed by atoms with Crippen LogP contribution >= 0.6 is 0 Å². The smallest absolute Gasteiger partial charge is 0.248 e. The molecule has 1 heterocycles. The highest BCUT2D eigenvalue weighted by Gasteiger charge is 2.08. The monoisotopic (exact) mass is 243 g/mol. The highest BCUT2D eigenvalue weighted by atomic mass is 16.5. The van der Waals surface area contributed by atoms with Crippen LogP contribution in [0.2, 0.25) is 0 Å². The van der Waals surface area contributed by atoms with Crippen LogP contribution in [0.3, 0.4) is 0 Å². The largest absolute Gasteiger partial charge is 0.481 e. The molecule has 0 saturated heterocycles. The fourth-order valence-electron chi connectivity index (χ4n) is 1.65. The molecule has 92 valence electrons. The first kappa shape index (κ1) is 11.9. The summed E-state index contributed by atoms with van der Waals surface area (Å²) >= 11 is 0. The molecule has 0 saturated carbocycles. The van der Waals surface area contributed by atoms with E-state index in [4.69, 9.17) is 16.2 Å². The second-order valence-corrected chi connectivity index (χ2v) is 3.73. The maximum atomic E-state index is 11.1. The Labute approximate surface area is 104 Å². The summed E-state index contributed by atoms with van der Waals surface area (Å²) in [4.78, 5) is 15.2. The van der Waals surface area contributed by atoms with Gasteiger partial charge in [-0.3, -0.25) is 4.79 Å². The molecule has 0 unspecified atom stereocenters. The third kappa shape index (κ3) is 2.24. The summed E-state index contributed by atoms with van der Waals surface area (Å²) in [5, 5.41) is 0. The molecule has 5 nitrogen and oxygen atoms in total. The SMILES string of the molecule is COc1ccc(-c2cccc(C(N)=O)c2)c(N)n1. The number of hydrogen-bond acceptors (Lipinski definition) is 4.